The van der Waals surface area contributed by atoms with Crippen LogP contribution < -0.4 is 5.73 Å². The van der Waals surface area contributed by atoms with E-state index >= 15 is 0 Å². The standard InChI is InChI=1S/C8H17NO4/c1-6(10)7(9)8(11)13-5-3-4-12-2/h6-7,10H,3-5,9H2,1-2H3/t6-,7+/m1/s1. The maximum Gasteiger partial charge on any atom is 0.325 e. The zero-order chi connectivity index (χ0) is 10.3. The summed E-state index contributed by atoms with van der Waals surface area (Å²) in [5, 5.41) is 8.94. The fourth-order valence-corrected chi connectivity index (χ4v) is 0.669. The number of carbonyl (C=O) groups is 1. The molecule has 2 atom stereocenters. The summed E-state index contributed by atoms with van der Waals surface area (Å²) in [5.41, 5.74) is 5.32. The van der Waals surface area contributed by atoms with E-state index in [1.54, 1.807) is 7.11 Å². The van der Waals surface area contributed by atoms with Gasteiger partial charge in [0, 0.05) is 20.1 Å². The lowest BCUT2D eigenvalue weighted by molar-refractivity contribution is -0.147. The molecule has 0 radical (unpaired) electrons. The zero-order valence-corrected chi connectivity index (χ0v) is 8.03. The van der Waals surface area contributed by atoms with Gasteiger partial charge in [0.05, 0.1) is 12.7 Å². The van der Waals surface area contributed by atoms with Crippen LogP contribution in [0, 0.1) is 0 Å². The molecule has 0 aliphatic rings. The third kappa shape index (κ3) is 5.57. The zero-order valence-electron chi connectivity index (χ0n) is 8.03. The van der Waals surface area contributed by atoms with E-state index in [0.29, 0.717) is 13.0 Å². The van der Waals surface area contributed by atoms with E-state index in [1.165, 1.54) is 6.92 Å². The smallest absolute Gasteiger partial charge is 0.325 e. The van der Waals surface area contributed by atoms with Crippen molar-refractivity contribution < 1.29 is 19.4 Å². The van der Waals surface area contributed by atoms with Crippen LogP contribution in [0.25, 0.3) is 0 Å². The first kappa shape index (κ1) is 12.3. The Morgan fingerprint density at radius 3 is 2.62 bits per heavy atom. The van der Waals surface area contributed by atoms with Gasteiger partial charge in [-0.3, -0.25) is 4.79 Å². The Morgan fingerprint density at radius 2 is 2.15 bits per heavy atom. The molecule has 13 heavy (non-hydrogen) atoms. The molecule has 5 heteroatoms. The average molecular weight is 191 g/mol. The van der Waals surface area contributed by atoms with Crippen molar-refractivity contribution in [3.8, 4) is 0 Å². The van der Waals surface area contributed by atoms with Crippen LogP contribution in [0.5, 0.6) is 0 Å². The minimum absolute atomic E-state index is 0.271. The van der Waals surface area contributed by atoms with Crippen molar-refractivity contribution in [1.29, 1.82) is 0 Å². The summed E-state index contributed by atoms with van der Waals surface area (Å²) in [6, 6.07) is -0.956. The predicted octanol–water partition coefficient (Wildman–Crippen LogP) is -0.726. The third-order valence-electron chi connectivity index (χ3n) is 1.53. The molecule has 5 nitrogen and oxygen atoms in total. The number of carbonyl (C=O) groups excluding carboxylic acids is 1. The number of ether oxygens (including phenoxy) is 2. The van der Waals surface area contributed by atoms with Gasteiger partial charge in [0.15, 0.2) is 0 Å². The maximum absolute atomic E-state index is 11.0. The largest absolute Gasteiger partial charge is 0.464 e. The van der Waals surface area contributed by atoms with Crippen LogP contribution in [0.2, 0.25) is 0 Å². The fourth-order valence-electron chi connectivity index (χ4n) is 0.669. The van der Waals surface area contributed by atoms with Crippen molar-refractivity contribution in [3.63, 3.8) is 0 Å². The fraction of sp³-hybridized carbons (Fsp3) is 0.875. The van der Waals surface area contributed by atoms with Gasteiger partial charge in [0.2, 0.25) is 0 Å². The number of methoxy groups -OCH3 is 1. The van der Waals surface area contributed by atoms with Gasteiger partial charge in [-0.2, -0.15) is 0 Å². The predicted molar refractivity (Wildman–Crippen MR) is 47.1 cm³/mol. The number of rotatable bonds is 6. The Bertz CT molecular complexity index is 149. The topological polar surface area (TPSA) is 81.8 Å². The molecule has 0 aromatic carbocycles. The second-order valence-electron chi connectivity index (χ2n) is 2.78. The van der Waals surface area contributed by atoms with Crippen molar-refractivity contribution in [3.05, 3.63) is 0 Å². The molecule has 0 saturated heterocycles. The number of aliphatic hydroxyl groups is 1. The molecule has 0 unspecified atom stereocenters. The quantitative estimate of drug-likeness (QED) is 0.427. The number of esters is 1. The summed E-state index contributed by atoms with van der Waals surface area (Å²) in [5.74, 6) is -0.578. The molecule has 3 N–H and O–H groups in total. The van der Waals surface area contributed by atoms with Crippen molar-refractivity contribution >= 4 is 5.97 Å². The summed E-state index contributed by atoms with van der Waals surface area (Å²) in [6.45, 7) is 2.26. The summed E-state index contributed by atoms with van der Waals surface area (Å²) < 4.78 is 9.52. The maximum atomic E-state index is 11.0. The highest BCUT2D eigenvalue weighted by atomic mass is 16.5. The van der Waals surface area contributed by atoms with Crippen molar-refractivity contribution in [2.24, 2.45) is 5.73 Å². The van der Waals surface area contributed by atoms with E-state index in [9.17, 15) is 4.79 Å². The minimum atomic E-state index is -0.956. The summed E-state index contributed by atoms with van der Waals surface area (Å²) >= 11 is 0. The molecular weight excluding hydrogens is 174 g/mol. The molecule has 0 amide bonds. The first-order chi connectivity index (χ1) is 6.09. The van der Waals surface area contributed by atoms with E-state index in [0.717, 1.165) is 0 Å². The monoisotopic (exact) mass is 191 g/mol. The first-order valence-electron chi connectivity index (χ1n) is 4.18. The Labute approximate surface area is 77.8 Å². The lowest BCUT2D eigenvalue weighted by atomic mass is 10.2. The molecule has 0 fully saturated rings. The highest BCUT2D eigenvalue weighted by molar-refractivity contribution is 5.76. The minimum Gasteiger partial charge on any atom is -0.464 e. The molecule has 78 valence electrons. The highest BCUT2D eigenvalue weighted by Crippen LogP contribution is 1.93. The summed E-state index contributed by atoms with van der Waals surface area (Å²) in [7, 11) is 1.57. The molecule has 0 rings (SSSR count). The van der Waals surface area contributed by atoms with Gasteiger partial charge >= 0.3 is 5.97 Å². The molecule has 0 aromatic heterocycles. The lowest BCUT2D eigenvalue weighted by Gasteiger charge is -2.13. The number of hydrogen-bond acceptors (Lipinski definition) is 5. The SMILES string of the molecule is COCCCOC(=O)[C@@H](N)[C@@H](C)O. The van der Waals surface area contributed by atoms with Gasteiger partial charge in [-0.15, -0.1) is 0 Å². The van der Waals surface area contributed by atoms with Crippen LogP contribution in [-0.2, 0) is 14.3 Å². The van der Waals surface area contributed by atoms with Crippen LogP contribution in [0.15, 0.2) is 0 Å². The Kier molecular flexibility index (Phi) is 6.48. The van der Waals surface area contributed by atoms with E-state index < -0.39 is 18.1 Å². The highest BCUT2D eigenvalue weighted by Gasteiger charge is 2.19. The molecule has 0 bridgehead atoms. The van der Waals surface area contributed by atoms with Gasteiger partial charge in [0.1, 0.15) is 6.04 Å². The summed E-state index contributed by atoms with van der Waals surface area (Å²) in [6.07, 6.45) is -0.246. The van der Waals surface area contributed by atoms with E-state index in [1.807, 2.05) is 0 Å². The van der Waals surface area contributed by atoms with Crippen LogP contribution in [0.4, 0.5) is 0 Å². The summed E-state index contributed by atoms with van der Waals surface area (Å²) in [4.78, 5) is 11.0. The second kappa shape index (κ2) is 6.82. The van der Waals surface area contributed by atoms with E-state index in [2.05, 4.69) is 0 Å². The van der Waals surface area contributed by atoms with Crippen molar-refractivity contribution in [1.82, 2.24) is 0 Å². The van der Waals surface area contributed by atoms with Crippen LogP contribution in [0.1, 0.15) is 13.3 Å². The molecule has 0 aliphatic heterocycles. The van der Waals surface area contributed by atoms with Crippen molar-refractivity contribution in [2.45, 2.75) is 25.5 Å². The van der Waals surface area contributed by atoms with E-state index in [-0.39, 0.29) is 6.61 Å². The average Bonchev–Trinajstić information content (AvgIpc) is 2.10. The lowest BCUT2D eigenvalue weighted by Crippen LogP contribution is -2.41. The van der Waals surface area contributed by atoms with Crippen LogP contribution in [-0.4, -0.2) is 43.5 Å². The molecule has 0 spiro atoms. The normalized spacial score (nSPS) is 15.1. The number of aliphatic hydroxyl groups excluding tert-OH is 1. The van der Waals surface area contributed by atoms with Crippen LogP contribution >= 0.6 is 0 Å². The molecule has 0 aliphatic carbocycles. The van der Waals surface area contributed by atoms with Gasteiger partial charge in [-0.25, -0.2) is 0 Å². The molecule has 0 aromatic rings. The van der Waals surface area contributed by atoms with Gasteiger partial charge in [0.25, 0.3) is 0 Å². The third-order valence-corrected chi connectivity index (χ3v) is 1.53. The molecule has 0 saturated carbocycles. The number of nitrogens with two attached hydrogens (primary N) is 1. The first-order valence-corrected chi connectivity index (χ1v) is 4.18. The van der Waals surface area contributed by atoms with Gasteiger partial charge < -0.3 is 20.3 Å². The Hall–Kier alpha value is -0.650. The second-order valence-corrected chi connectivity index (χ2v) is 2.78. The van der Waals surface area contributed by atoms with Gasteiger partial charge in [-0.1, -0.05) is 0 Å². The molecular formula is C8H17NO4. The Balaban J connectivity index is 3.50. The molecule has 0 heterocycles. The van der Waals surface area contributed by atoms with Gasteiger partial charge in [-0.05, 0) is 6.92 Å². The van der Waals surface area contributed by atoms with E-state index in [4.69, 9.17) is 20.3 Å². The Morgan fingerprint density at radius 1 is 1.54 bits per heavy atom. The van der Waals surface area contributed by atoms with Crippen LogP contribution in [0.3, 0.4) is 0 Å². The number of hydrogen-bond donors (Lipinski definition) is 2. The van der Waals surface area contributed by atoms with Crippen molar-refractivity contribution in [2.75, 3.05) is 20.3 Å².